The number of piperidine rings is 1. The van der Waals surface area contributed by atoms with Crippen molar-refractivity contribution in [2.24, 2.45) is 5.92 Å². The molecule has 1 amide bonds. The van der Waals surface area contributed by atoms with Gasteiger partial charge in [-0.3, -0.25) is 14.7 Å². The topological polar surface area (TPSA) is 49.3 Å². The Morgan fingerprint density at radius 2 is 2.07 bits per heavy atom. The van der Waals surface area contributed by atoms with Gasteiger partial charge in [0, 0.05) is 38.1 Å². The van der Waals surface area contributed by atoms with Crippen LogP contribution < -0.4 is 4.90 Å². The van der Waals surface area contributed by atoms with E-state index in [4.69, 9.17) is 0 Å². The summed E-state index contributed by atoms with van der Waals surface area (Å²) < 4.78 is 0. The van der Waals surface area contributed by atoms with Crippen LogP contribution in [0.4, 0.5) is 5.82 Å². The van der Waals surface area contributed by atoms with Crippen molar-refractivity contribution in [1.82, 2.24) is 14.9 Å². The lowest BCUT2D eigenvalue weighted by Crippen LogP contribution is -2.53. The molecule has 1 aromatic carbocycles. The summed E-state index contributed by atoms with van der Waals surface area (Å²) in [5.41, 5.74) is 1.37. The molecule has 2 atom stereocenters. The smallest absolute Gasteiger partial charge is 0.269 e. The number of aromatic nitrogens is 2. The molecular formula is C23H26N4OS. The van der Waals surface area contributed by atoms with Gasteiger partial charge >= 0.3 is 0 Å². The van der Waals surface area contributed by atoms with Crippen molar-refractivity contribution in [2.75, 3.05) is 24.5 Å². The molecule has 0 radical (unpaired) electrons. The Bertz CT molecular complexity index is 901. The molecular weight excluding hydrogens is 380 g/mol. The fourth-order valence-electron chi connectivity index (χ4n) is 4.10. The average molecular weight is 407 g/mol. The minimum Gasteiger partial charge on any atom is -0.303 e. The molecule has 0 unspecified atom stereocenters. The Morgan fingerprint density at radius 3 is 2.76 bits per heavy atom. The van der Waals surface area contributed by atoms with E-state index in [0.717, 1.165) is 37.4 Å². The third-order valence-electron chi connectivity index (χ3n) is 5.58. The van der Waals surface area contributed by atoms with Crippen molar-refractivity contribution in [3.05, 3.63) is 76.9 Å². The van der Waals surface area contributed by atoms with Gasteiger partial charge in [-0.15, -0.1) is 11.3 Å². The quantitative estimate of drug-likeness (QED) is 0.617. The van der Waals surface area contributed by atoms with Gasteiger partial charge in [0.15, 0.2) is 5.82 Å². The second-order valence-corrected chi connectivity index (χ2v) is 8.53. The van der Waals surface area contributed by atoms with Gasteiger partial charge in [0.2, 0.25) is 0 Å². The molecule has 1 saturated heterocycles. The lowest BCUT2D eigenvalue weighted by molar-refractivity contribution is 0.0935. The number of hydrogen-bond donors (Lipinski definition) is 0. The first-order chi connectivity index (χ1) is 14.2. The summed E-state index contributed by atoms with van der Waals surface area (Å²) in [4.78, 5) is 27.1. The van der Waals surface area contributed by atoms with Crippen LogP contribution in [0.3, 0.4) is 0 Å². The van der Waals surface area contributed by atoms with Gasteiger partial charge in [-0.2, -0.15) is 0 Å². The zero-order valence-corrected chi connectivity index (χ0v) is 17.5. The number of carbonyl (C=O) groups excluding carboxylic acids is 1. The van der Waals surface area contributed by atoms with Gasteiger partial charge in [0.25, 0.3) is 5.91 Å². The number of benzene rings is 1. The molecule has 29 heavy (non-hydrogen) atoms. The van der Waals surface area contributed by atoms with E-state index in [1.165, 1.54) is 16.9 Å². The number of nitrogens with zero attached hydrogens (tertiary/aromatic N) is 4. The summed E-state index contributed by atoms with van der Waals surface area (Å²) in [6.45, 7) is 5.25. The molecule has 0 N–H and O–H groups in total. The van der Waals surface area contributed by atoms with Crippen LogP contribution in [-0.2, 0) is 6.42 Å². The number of anilines is 1. The van der Waals surface area contributed by atoms with Crippen LogP contribution in [0.2, 0.25) is 0 Å². The number of carbonyl (C=O) groups is 1. The number of hydrogen-bond acceptors (Lipinski definition) is 5. The van der Waals surface area contributed by atoms with Crippen LogP contribution in [0.5, 0.6) is 0 Å². The predicted molar refractivity (Wildman–Crippen MR) is 117 cm³/mol. The maximum Gasteiger partial charge on any atom is 0.269 e. The molecule has 3 aromatic rings. The zero-order valence-electron chi connectivity index (χ0n) is 16.6. The van der Waals surface area contributed by atoms with Crippen molar-refractivity contribution in [2.45, 2.75) is 25.8 Å². The van der Waals surface area contributed by atoms with E-state index in [2.05, 4.69) is 52.1 Å². The lowest BCUT2D eigenvalue weighted by atomic mass is 9.91. The maximum absolute atomic E-state index is 13.3. The highest BCUT2D eigenvalue weighted by molar-refractivity contribution is 7.12. The van der Waals surface area contributed by atoms with Crippen molar-refractivity contribution in [1.29, 1.82) is 0 Å². The van der Waals surface area contributed by atoms with Crippen LogP contribution in [-0.4, -0.2) is 46.5 Å². The Labute approximate surface area is 176 Å². The minimum absolute atomic E-state index is 0.0232. The molecule has 1 fully saturated rings. The molecule has 4 rings (SSSR count). The van der Waals surface area contributed by atoms with E-state index in [1.54, 1.807) is 18.6 Å². The van der Waals surface area contributed by atoms with Gasteiger partial charge in [-0.05, 0) is 35.8 Å². The van der Waals surface area contributed by atoms with E-state index in [1.807, 2.05) is 22.4 Å². The van der Waals surface area contributed by atoms with Gasteiger partial charge in [0.1, 0.15) is 0 Å². The highest BCUT2D eigenvalue weighted by atomic mass is 32.1. The van der Waals surface area contributed by atoms with Crippen molar-refractivity contribution < 1.29 is 4.79 Å². The number of likely N-dealkylation sites (tertiary alicyclic amines) is 1. The second kappa shape index (κ2) is 9.29. The van der Waals surface area contributed by atoms with E-state index < -0.39 is 0 Å². The number of thiophene rings is 1. The van der Waals surface area contributed by atoms with E-state index >= 15 is 0 Å². The summed E-state index contributed by atoms with van der Waals surface area (Å²) in [7, 11) is 0. The van der Waals surface area contributed by atoms with Gasteiger partial charge in [0.05, 0.1) is 11.1 Å². The van der Waals surface area contributed by atoms with Crippen molar-refractivity contribution in [3.8, 4) is 0 Å². The summed E-state index contributed by atoms with van der Waals surface area (Å²) in [5.74, 6) is 1.01. The zero-order chi connectivity index (χ0) is 20.1. The fourth-order valence-corrected chi connectivity index (χ4v) is 4.76. The third-order valence-corrected chi connectivity index (χ3v) is 6.44. The van der Waals surface area contributed by atoms with E-state index in [9.17, 15) is 4.79 Å². The van der Waals surface area contributed by atoms with Crippen LogP contribution in [0, 0.1) is 5.92 Å². The first kappa shape index (κ1) is 19.7. The van der Waals surface area contributed by atoms with Crippen molar-refractivity contribution in [3.63, 3.8) is 0 Å². The molecule has 1 aliphatic rings. The van der Waals surface area contributed by atoms with Crippen molar-refractivity contribution >= 4 is 23.1 Å². The van der Waals surface area contributed by atoms with Crippen LogP contribution >= 0.6 is 11.3 Å². The average Bonchev–Trinajstić information content (AvgIpc) is 3.30. The molecule has 2 aromatic heterocycles. The molecule has 6 heteroatoms. The van der Waals surface area contributed by atoms with Gasteiger partial charge < -0.3 is 4.90 Å². The first-order valence-electron chi connectivity index (χ1n) is 10.1. The SMILES string of the molecule is C[C@@H]1CN(CCc2ccccc2)CC[C@@H]1N(C(=O)c1cccs1)c1cnccn1. The molecule has 0 bridgehead atoms. The molecule has 1 aliphatic heterocycles. The van der Waals surface area contributed by atoms with E-state index in [-0.39, 0.29) is 11.9 Å². The monoisotopic (exact) mass is 406 g/mol. The third kappa shape index (κ3) is 4.71. The van der Waals surface area contributed by atoms with Crippen LogP contribution in [0.25, 0.3) is 0 Å². The van der Waals surface area contributed by atoms with Crippen LogP contribution in [0.15, 0.2) is 66.4 Å². The number of rotatable bonds is 6. The Kier molecular flexibility index (Phi) is 6.32. The van der Waals surface area contributed by atoms with Gasteiger partial charge in [-0.1, -0.05) is 43.3 Å². The first-order valence-corrected chi connectivity index (χ1v) is 11.0. The largest absolute Gasteiger partial charge is 0.303 e. The molecule has 3 heterocycles. The molecule has 0 saturated carbocycles. The summed E-state index contributed by atoms with van der Waals surface area (Å²) in [5, 5.41) is 1.94. The maximum atomic E-state index is 13.3. The molecule has 150 valence electrons. The predicted octanol–water partition coefficient (Wildman–Crippen LogP) is 4.14. The summed E-state index contributed by atoms with van der Waals surface area (Å²) >= 11 is 1.48. The standard InChI is InChI=1S/C23H26N4OS/c1-18-17-26(13-9-19-6-3-2-4-7-19)14-10-20(18)27(22-16-24-11-12-25-22)23(28)21-8-5-15-29-21/h2-8,11-12,15-16,18,20H,9-10,13-14,17H2,1H3/t18-,20+/m1/s1. The fraction of sp³-hybridized carbons (Fsp3) is 0.348. The second-order valence-electron chi connectivity index (χ2n) is 7.59. The Morgan fingerprint density at radius 1 is 1.21 bits per heavy atom. The molecule has 0 aliphatic carbocycles. The van der Waals surface area contributed by atoms with Crippen LogP contribution in [0.1, 0.15) is 28.6 Å². The summed E-state index contributed by atoms with van der Waals surface area (Å²) in [6, 6.07) is 14.5. The van der Waals surface area contributed by atoms with Gasteiger partial charge in [-0.25, -0.2) is 4.98 Å². The Hall–Kier alpha value is -2.57. The lowest BCUT2D eigenvalue weighted by Gasteiger charge is -2.42. The Balaban J connectivity index is 1.47. The highest BCUT2D eigenvalue weighted by Crippen LogP contribution is 2.28. The molecule has 0 spiro atoms. The van der Waals surface area contributed by atoms with E-state index in [0.29, 0.717) is 11.7 Å². The minimum atomic E-state index is 0.0232. The molecule has 5 nitrogen and oxygen atoms in total. The normalized spacial score (nSPS) is 19.8. The summed E-state index contributed by atoms with van der Waals surface area (Å²) in [6.07, 6.45) is 6.99. The number of amides is 1. The highest BCUT2D eigenvalue weighted by Gasteiger charge is 2.35.